The van der Waals surface area contributed by atoms with E-state index in [4.69, 9.17) is 16.3 Å². The van der Waals surface area contributed by atoms with Crippen molar-refractivity contribution in [1.82, 2.24) is 10.4 Å². The number of nitrogens with one attached hydrogen (secondary N) is 1. The van der Waals surface area contributed by atoms with Crippen molar-refractivity contribution in [3.8, 4) is 5.75 Å². The maximum atomic E-state index is 13.3. The summed E-state index contributed by atoms with van der Waals surface area (Å²) >= 11 is 7.02. The lowest BCUT2D eigenvalue weighted by molar-refractivity contribution is -0.274. The molecule has 1 N–H and O–H groups in total. The number of fused-ring (bicyclic) bond motifs is 2. The maximum absolute atomic E-state index is 13.3. The van der Waals surface area contributed by atoms with Crippen molar-refractivity contribution in [3.05, 3.63) is 17.2 Å². The van der Waals surface area contributed by atoms with Crippen LogP contribution in [0, 0.1) is 0 Å². The third kappa shape index (κ3) is 3.97. The Balaban J connectivity index is 1.72. The first-order valence-electron chi connectivity index (χ1n) is 9.10. The Bertz CT molecular complexity index is 934. The molecule has 2 fully saturated rings. The highest BCUT2D eigenvalue weighted by Gasteiger charge is 2.52. The molecule has 3 aliphatic heterocycles. The van der Waals surface area contributed by atoms with Crippen LogP contribution in [0.5, 0.6) is 5.75 Å². The number of thioether (sulfide) groups is 1. The molecule has 2 amide bonds. The van der Waals surface area contributed by atoms with Gasteiger partial charge in [-0.25, -0.2) is 5.01 Å². The van der Waals surface area contributed by atoms with Gasteiger partial charge in [-0.2, -0.15) is 0 Å². The van der Waals surface area contributed by atoms with Gasteiger partial charge >= 0.3 is 6.36 Å². The Labute approximate surface area is 178 Å². The molecular weight excluding hydrogens is 447 g/mol. The molecule has 3 aliphatic rings. The molecule has 1 unspecified atom stereocenters. The average molecular weight is 464 g/mol. The van der Waals surface area contributed by atoms with Crippen LogP contribution in [-0.2, 0) is 14.3 Å². The van der Waals surface area contributed by atoms with Gasteiger partial charge in [0, 0.05) is 37.2 Å². The van der Waals surface area contributed by atoms with Crippen molar-refractivity contribution in [1.29, 1.82) is 0 Å². The minimum Gasteiger partial charge on any atom is -0.404 e. The topological polar surface area (TPSA) is 80.2 Å². The van der Waals surface area contributed by atoms with Crippen LogP contribution >= 0.6 is 23.4 Å². The van der Waals surface area contributed by atoms with E-state index in [0.29, 0.717) is 48.8 Å². The van der Waals surface area contributed by atoms with Crippen LogP contribution in [0.1, 0.15) is 26.2 Å². The molecule has 0 radical (unpaired) electrons. The minimum absolute atomic E-state index is 0.225. The Morgan fingerprint density at radius 2 is 2.10 bits per heavy atom. The first kappa shape index (κ1) is 21.3. The number of hydrogen-bond donors (Lipinski definition) is 1. The molecule has 7 nitrogen and oxygen atoms in total. The van der Waals surface area contributed by atoms with Gasteiger partial charge in [-0.15, -0.1) is 24.9 Å². The van der Waals surface area contributed by atoms with Crippen LogP contribution in [-0.4, -0.2) is 52.9 Å². The second-order valence-electron chi connectivity index (χ2n) is 7.25. The van der Waals surface area contributed by atoms with E-state index in [1.54, 1.807) is 0 Å². The second kappa shape index (κ2) is 7.61. The van der Waals surface area contributed by atoms with Crippen molar-refractivity contribution in [2.24, 2.45) is 4.99 Å². The van der Waals surface area contributed by atoms with Crippen LogP contribution in [0.15, 0.2) is 22.0 Å². The Hall–Kier alpha value is -1.98. The molecule has 1 aromatic carbocycles. The summed E-state index contributed by atoms with van der Waals surface area (Å²) in [4.78, 5) is 29.9. The molecule has 162 valence electrons. The molecule has 2 saturated heterocycles. The number of halogens is 4. The van der Waals surface area contributed by atoms with E-state index in [1.165, 1.54) is 18.0 Å². The normalized spacial score (nSPS) is 22.8. The number of benzene rings is 1. The highest BCUT2D eigenvalue weighted by atomic mass is 35.5. The number of carbonyl (C=O) groups excluding carboxylic acids is 2. The molecular formula is C18H17ClF3N3O4S. The van der Waals surface area contributed by atoms with Crippen molar-refractivity contribution < 1.29 is 32.2 Å². The van der Waals surface area contributed by atoms with Crippen molar-refractivity contribution in [3.63, 3.8) is 0 Å². The number of ether oxygens (including phenoxy) is 2. The SMILES string of the molecule is CC(=O)NN1C(=O)C2Sc3cc(OC(F)(F)F)c(Cl)cc3N=C2CC12CCOCC2. The number of hydrazine groups is 1. The van der Waals surface area contributed by atoms with Gasteiger partial charge in [-0.1, -0.05) is 11.6 Å². The Morgan fingerprint density at radius 3 is 2.73 bits per heavy atom. The summed E-state index contributed by atoms with van der Waals surface area (Å²) in [5.41, 5.74) is 2.95. The first-order chi connectivity index (χ1) is 14.1. The van der Waals surface area contributed by atoms with Crippen LogP contribution in [0.2, 0.25) is 5.02 Å². The van der Waals surface area contributed by atoms with Gasteiger partial charge in [0.25, 0.3) is 5.91 Å². The number of amides is 2. The Kier molecular flexibility index (Phi) is 5.39. The fourth-order valence-corrected chi connectivity index (χ4v) is 5.22. The summed E-state index contributed by atoms with van der Waals surface area (Å²) in [5.74, 6) is -1.32. The van der Waals surface area contributed by atoms with E-state index in [0.717, 1.165) is 17.8 Å². The molecule has 0 aromatic heterocycles. The molecule has 4 rings (SSSR count). The third-order valence-corrected chi connectivity index (χ3v) is 6.76. The van der Waals surface area contributed by atoms with Gasteiger partial charge in [-0.05, 0) is 25.0 Å². The smallest absolute Gasteiger partial charge is 0.404 e. The molecule has 12 heteroatoms. The monoisotopic (exact) mass is 463 g/mol. The minimum atomic E-state index is -4.90. The zero-order chi connectivity index (χ0) is 21.7. The number of hydrogen-bond acceptors (Lipinski definition) is 6. The van der Waals surface area contributed by atoms with E-state index in [2.05, 4.69) is 15.2 Å². The van der Waals surface area contributed by atoms with Gasteiger partial charge in [0.05, 0.1) is 16.2 Å². The van der Waals surface area contributed by atoms with Crippen molar-refractivity contribution in [2.45, 2.75) is 48.2 Å². The molecule has 1 spiro atoms. The van der Waals surface area contributed by atoms with E-state index >= 15 is 0 Å². The van der Waals surface area contributed by atoms with Gasteiger partial charge in [0.1, 0.15) is 11.0 Å². The van der Waals surface area contributed by atoms with Gasteiger partial charge in [0.2, 0.25) is 5.91 Å². The lowest BCUT2D eigenvalue weighted by atomic mass is 9.80. The van der Waals surface area contributed by atoms with Crippen molar-refractivity contribution >= 4 is 46.6 Å². The number of rotatable bonds is 2. The number of piperidine rings is 1. The Morgan fingerprint density at radius 1 is 1.40 bits per heavy atom. The largest absolute Gasteiger partial charge is 0.573 e. The molecule has 0 aliphatic carbocycles. The molecule has 1 atom stereocenters. The second-order valence-corrected chi connectivity index (χ2v) is 8.81. The van der Waals surface area contributed by atoms with Crippen LogP contribution in [0.25, 0.3) is 0 Å². The predicted molar refractivity (Wildman–Crippen MR) is 103 cm³/mol. The van der Waals surface area contributed by atoms with E-state index in [1.807, 2.05) is 0 Å². The lowest BCUT2D eigenvalue weighted by Gasteiger charge is -2.51. The summed E-state index contributed by atoms with van der Waals surface area (Å²) in [6, 6.07) is 2.43. The summed E-state index contributed by atoms with van der Waals surface area (Å²) in [7, 11) is 0. The molecule has 0 bridgehead atoms. The fraction of sp³-hybridized carbons (Fsp3) is 0.500. The van der Waals surface area contributed by atoms with Crippen molar-refractivity contribution in [2.75, 3.05) is 13.2 Å². The summed E-state index contributed by atoms with van der Waals surface area (Å²) in [6.07, 6.45) is -3.43. The summed E-state index contributed by atoms with van der Waals surface area (Å²) < 4.78 is 47.3. The van der Waals surface area contributed by atoms with Crippen LogP contribution < -0.4 is 10.2 Å². The zero-order valence-electron chi connectivity index (χ0n) is 15.7. The highest BCUT2D eigenvalue weighted by Crippen LogP contribution is 2.48. The average Bonchev–Trinajstić information content (AvgIpc) is 2.64. The summed E-state index contributed by atoms with van der Waals surface area (Å²) in [5, 5.41) is 0.373. The molecule has 0 saturated carbocycles. The zero-order valence-corrected chi connectivity index (χ0v) is 17.3. The summed E-state index contributed by atoms with van der Waals surface area (Å²) in [6.45, 7) is 2.19. The number of alkyl halides is 3. The van der Waals surface area contributed by atoms with E-state index in [9.17, 15) is 22.8 Å². The standard InChI is InChI=1S/C18H17ClF3N3O4S/c1-9(26)24-25-16(27)15-12(8-17(25)2-4-28-5-3-17)23-11-6-10(19)13(7-14(11)30-15)29-18(20,21)22/h6-7,15H,2-5,8H2,1H3,(H,24,26). The van der Waals surface area contributed by atoms with Crippen LogP contribution in [0.4, 0.5) is 18.9 Å². The highest BCUT2D eigenvalue weighted by molar-refractivity contribution is 8.01. The molecule has 1 aromatic rings. The number of carbonyl (C=O) groups is 2. The molecule has 3 heterocycles. The maximum Gasteiger partial charge on any atom is 0.573 e. The van der Waals surface area contributed by atoms with E-state index in [-0.39, 0.29) is 16.8 Å². The fourth-order valence-electron chi connectivity index (χ4n) is 3.89. The van der Waals surface area contributed by atoms with Gasteiger partial charge in [-0.3, -0.25) is 20.0 Å². The lowest BCUT2D eigenvalue weighted by Crippen LogP contribution is -2.68. The van der Waals surface area contributed by atoms with E-state index < -0.39 is 22.9 Å². The predicted octanol–water partition coefficient (Wildman–Crippen LogP) is 3.62. The molecule has 30 heavy (non-hydrogen) atoms. The van der Waals surface area contributed by atoms with Gasteiger partial charge < -0.3 is 9.47 Å². The van der Waals surface area contributed by atoms with Gasteiger partial charge in [0.15, 0.2) is 0 Å². The first-order valence-corrected chi connectivity index (χ1v) is 10.4. The third-order valence-electron chi connectivity index (χ3n) is 5.17. The number of aliphatic imine (C=N–C) groups is 1. The number of nitrogens with zero attached hydrogens (tertiary/aromatic N) is 2. The quantitative estimate of drug-likeness (QED) is 0.724. The van der Waals surface area contributed by atoms with Crippen LogP contribution in [0.3, 0.4) is 0 Å².